The summed E-state index contributed by atoms with van der Waals surface area (Å²) in [6, 6.07) is 7.92. The molecule has 1 amide bonds. The van der Waals surface area contributed by atoms with Gasteiger partial charge < -0.3 is 9.84 Å². The summed E-state index contributed by atoms with van der Waals surface area (Å²) < 4.78 is 21.0. The van der Waals surface area contributed by atoms with Crippen molar-refractivity contribution in [3.8, 4) is 11.3 Å². The molecule has 0 aliphatic heterocycles. The van der Waals surface area contributed by atoms with Crippen LogP contribution in [0.15, 0.2) is 41.3 Å². The average molecular weight is 565 g/mol. The van der Waals surface area contributed by atoms with Crippen molar-refractivity contribution in [3.63, 3.8) is 0 Å². The van der Waals surface area contributed by atoms with Crippen LogP contribution in [0.25, 0.3) is 17.3 Å². The van der Waals surface area contributed by atoms with Crippen molar-refractivity contribution >= 4 is 57.6 Å². The van der Waals surface area contributed by atoms with Crippen molar-refractivity contribution < 1.29 is 23.8 Å². The van der Waals surface area contributed by atoms with E-state index in [2.05, 4.69) is 17.2 Å². The number of carbonyl (C=O) groups is 2. The maximum Gasteiger partial charge on any atom is 0.331 e. The SMILES string of the molecule is CCCCCC(OC)c1cccc(-c2csc(NC(=O)c3cc(Cl)c(/C=C(\C)C(=O)O)c(Cl)c3)n2)c1F. The van der Waals surface area contributed by atoms with E-state index in [1.165, 1.54) is 25.1 Å². The Morgan fingerprint density at radius 3 is 2.57 bits per heavy atom. The topological polar surface area (TPSA) is 88.5 Å². The standard InChI is InChI=1S/C27H27Cl2FN2O4S/c1-4-5-6-10-23(36-3)18-9-7-8-17(24(18)30)22-14-37-27(31-22)32-25(33)16-12-20(28)19(21(29)13-16)11-15(2)26(34)35/h7-9,11-14,23H,4-6,10H2,1-3H3,(H,34,35)(H,31,32,33)/b15-11+. The van der Waals surface area contributed by atoms with Gasteiger partial charge in [0.05, 0.1) is 21.8 Å². The van der Waals surface area contributed by atoms with E-state index in [1.54, 1.807) is 30.7 Å². The number of anilines is 1. The van der Waals surface area contributed by atoms with Crippen molar-refractivity contribution in [1.82, 2.24) is 4.98 Å². The second-order valence-corrected chi connectivity index (χ2v) is 10.1. The fourth-order valence-corrected chi connectivity index (χ4v) is 5.03. The molecule has 1 aromatic heterocycles. The largest absolute Gasteiger partial charge is 0.478 e. The van der Waals surface area contributed by atoms with Crippen LogP contribution in [0.2, 0.25) is 10.0 Å². The molecule has 1 unspecified atom stereocenters. The van der Waals surface area contributed by atoms with Crippen LogP contribution in [0.1, 0.15) is 67.1 Å². The number of amides is 1. The molecular weight excluding hydrogens is 538 g/mol. The van der Waals surface area contributed by atoms with E-state index in [4.69, 9.17) is 33.0 Å². The van der Waals surface area contributed by atoms with Gasteiger partial charge in [-0.2, -0.15) is 0 Å². The number of ether oxygens (including phenoxy) is 1. The fourth-order valence-electron chi connectivity index (χ4n) is 3.73. The van der Waals surface area contributed by atoms with Gasteiger partial charge in [0.2, 0.25) is 0 Å². The number of methoxy groups -OCH3 is 1. The number of hydrogen-bond donors (Lipinski definition) is 2. The van der Waals surface area contributed by atoms with E-state index in [0.717, 1.165) is 37.0 Å². The minimum absolute atomic E-state index is 0.0467. The van der Waals surface area contributed by atoms with Crippen LogP contribution < -0.4 is 5.32 Å². The highest BCUT2D eigenvalue weighted by Gasteiger charge is 2.20. The molecule has 1 heterocycles. The molecule has 0 spiro atoms. The zero-order chi connectivity index (χ0) is 27.1. The molecule has 0 bridgehead atoms. The van der Waals surface area contributed by atoms with Crippen LogP contribution in [0.4, 0.5) is 9.52 Å². The molecular formula is C27H27Cl2FN2O4S. The molecule has 3 rings (SSSR count). The first-order chi connectivity index (χ1) is 17.7. The van der Waals surface area contributed by atoms with Crippen molar-refractivity contribution in [2.75, 3.05) is 12.4 Å². The Labute approximate surface area is 229 Å². The summed E-state index contributed by atoms with van der Waals surface area (Å²) in [5.41, 5.74) is 1.71. The first kappa shape index (κ1) is 28.8. The molecule has 37 heavy (non-hydrogen) atoms. The molecule has 2 N–H and O–H groups in total. The summed E-state index contributed by atoms with van der Waals surface area (Å²) in [6.07, 6.45) is 4.76. The number of hydrogen-bond acceptors (Lipinski definition) is 5. The smallest absolute Gasteiger partial charge is 0.331 e. The summed E-state index contributed by atoms with van der Waals surface area (Å²) in [5.74, 6) is -2.02. The summed E-state index contributed by atoms with van der Waals surface area (Å²) in [5, 5.41) is 14.0. The van der Waals surface area contributed by atoms with Gasteiger partial charge in [-0.3, -0.25) is 10.1 Å². The molecule has 196 valence electrons. The lowest BCUT2D eigenvalue weighted by Crippen LogP contribution is -2.12. The van der Waals surface area contributed by atoms with Crippen LogP contribution in [-0.4, -0.2) is 29.1 Å². The number of nitrogens with zero attached hydrogens (tertiary/aromatic N) is 1. The van der Waals surface area contributed by atoms with Gasteiger partial charge in [-0.25, -0.2) is 14.2 Å². The molecule has 0 saturated carbocycles. The molecule has 10 heteroatoms. The van der Waals surface area contributed by atoms with E-state index in [-0.39, 0.29) is 32.4 Å². The predicted molar refractivity (Wildman–Crippen MR) is 147 cm³/mol. The second-order valence-electron chi connectivity index (χ2n) is 8.41. The van der Waals surface area contributed by atoms with E-state index in [9.17, 15) is 9.59 Å². The second kappa shape index (κ2) is 13.1. The van der Waals surface area contributed by atoms with Crippen LogP contribution in [0, 0.1) is 5.82 Å². The number of unbranched alkanes of at least 4 members (excludes halogenated alkanes) is 2. The van der Waals surface area contributed by atoms with Gasteiger partial charge in [0.1, 0.15) is 5.82 Å². The summed E-state index contributed by atoms with van der Waals surface area (Å²) in [4.78, 5) is 28.3. The third-order valence-electron chi connectivity index (χ3n) is 5.77. The molecule has 3 aromatic rings. The van der Waals surface area contributed by atoms with E-state index in [0.29, 0.717) is 22.4 Å². The number of halogens is 3. The maximum absolute atomic E-state index is 15.4. The maximum atomic E-state index is 15.4. The minimum atomic E-state index is -1.11. The molecule has 2 aromatic carbocycles. The number of carboxylic acid groups (broad SMARTS) is 1. The number of benzene rings is 2. The van der Waals surface area contributed by atoms with Gasteiger partial charge in [-0.05, 0) is 37.6 Å². The Bertz CT molecular complexity index is 1300. The van der Waals surface area contributed by atoms with E-state index in [1.807, 2.05) is 0 Å². The molecule has 0 saturated heterocycles. The van der Waals surface area contributed by atoms with E-state index >= 15 is 4.39 Å². The summed E-state index contributed by atoms with van der Waals surface area (Å²) in [7, 11) is 1.58. The lowest BCUT2D eigenvalue weighted by molar-refractivity contribution is -0.132. The first-order valence-corrected chi connectivity index (χ1v) is 13.3. The Kier molecular flexibility index (Phi) is 10.2. The average Bonchev–Trinajstić information content (AvgIpc) is 3.32. The van der Waals surface area contributed by atoms with Gasteiger partial charge in [0.15, 0.2) is 5.13 Å². The number of rotatable bonds is 11. The van der Waals surface area contributed by atoms with Gasteiger partial charge in [0, 0.05) is 40.3 Å². The van der Waals surface area contributed by atoms with Gasteiger partial charge >= 0.3 is 5.97 Å². The van der Waals surface area contributed by atoms with Crippen molar-refractivity contribution in [3.05, 3.63) is 73.8 Å². The quantitative estimate of drug-likeness (QED) is 0.181. The number of aromatic nitrogens is 1. The van der Waals surface area contributed by atoms with Gasteiger partial charge in [0.25, 0.3) is 5.91 Å². The lowest BCUT2D eigenvalue weighted by Gasteiger charge is -2.17. The summed E-state index contributed by atoms with van der Waals surface area (Å²) in [6.45, 7) is 3.52. The molecule has 1 atom stereocenters. The molecule has 0 aliphatic carbocycles. The Morgan fingerprint density at radius 2 is 1.95 bits per heavy atom. The highest BCUT2D eigenvalue weighted by molar-refractivity contribution is 7.14. The number of aliphatic carboxylic acids is 1. The molecule has 6 nitrogen and oxygen atoms in total. The van der Waals surface area contributed by atoms with Crippen LogP contribution >= 0.6 is 34.5 Å². The van der Waals surface area contributed by atoms with Crippen LogP contribution in [0.5, 0.6) is 0 Å². The van der Waals surface area contributed by atoms with Crippen molar-refractivity contribution in [2.45, 2.75) is 45.6 Å². The number of carboxylic acids is 1. The normalized spacial score (nSPS) is 12.4. The predicted octanol–water partition coefficient (Wildman–Crippen LogP) is 8.26. The van der Waals surface area contributed by atoms with Crippen molar-refractivity contribution in [2.24, 2.45) is 0 Å². The van der Waals surface area contributed by atoms with Crippen LogP contribution in [-0.2, 0) is 9.53 Å². The number of thiazole rings is 1. The van der Waals surface area contributed by atoms with E-state index < -0.39 is 17.7 Å². The summed E-state index contributed by atoms with van der Waals surface area (Å²) >= 11 is 13.7. The fraction of sp³-hybridized carbons (Fsp3) is 0.296. The molecule has 0 aliphatic rings. The third kappa shape index (κ3) is 7.17. The first-order valence-electron chi connectivity index (χ1n) is 11.6. The molecule has 0 fully saturated rings. The Balaban J connectivity index is 1.80. The minimum Gasteiger partial charge on any atom is -0.478 e. The Morgan fingerprint density at radius 1 is 1.24 bits per heavy atom. The van der Waals surface area contributed by atoms with Crippen molar-refractivity contribution in [1.29, 1.82) is 0 Å². The molecule has 0 radical (unpaired) electrons. The van der Waals surface area contributed by atoms with Gasteiger partial charge in [-0.15, -0.1) is 11.3 Å². The van der Waals surface area contributed by atoms with Gasteiger partial charge in [-0.1, -0.05) is 61.5 Å². The monoisotopic (exact) mass is 564 g/mol. The number of nitrogens with one attached hydrogen (secondary N) is 1. The highest BCUT2D eigenvalue weighted by atomic mass is 35.5. The third-order valence-corrected chi connectivity index (χ3v) is 7.15. The Hall–Kier alpha value is -2.78. The number of carbonyl (C=O) groups excluding carboxylic acids is 1. The van der Waals surface area contributed by atoms with Crippen LogP contribution in [0.3, 0.4) is 0 Å². The zero-order valence-electron chi connectivity index (χ0n) is 20.6. The lowest BCUT2D eigenvalue weighted by atomic mass is 9.99. The zero-order valence-corrected chi connectivity index (χ0v) is 22.9. The highest BCUT2D eigenvalue weighted by Crippen LogP contribution is 2.34.